The summed E-state index contributed by atoms with van der Waals surface area (Å²) in [5, 5.41) is 4.01. The molecule has 1 aromatic heterocycles. The van der Waals surface area contributed by atoms with E-state index in [1.807, 2.05) is 6.92 Å². The summed E-state index contributed by atoms with van der Waals surface area (Å²) in [6, 6.07) is 0.460. The third-order valence-corrected chi connectivity index (χ3v) is 3.54. The number of nitrogens with zero attached hydrogens (tertiary/aromatic N) is 3. The van der Waals surface area contributed by atoms with Crippen molar-refractivity contribution in [3.63, 3.8) is 0 Å². The van der Waals surface area contributed by atoms with E-state index < -0.39 is 5.54 Å². The molecule has 2 unspecified atom stereocenters. The van der Waals surface area contributed by atoms with E-state index in [-0.39, 0.29) is 0 Å². The van der Waals surface area contributed by atoms with E-state index >= 15 is 0 Å². The van der Waals surface area contributed by atoms with E-state index in [1.54, 1.807) is 0 Å². The van der Waals surface area contributed by atoms with Crippen molar-refractivity contribution < 1.29 is 4.52 Å². The van der Waals surface area contributed by atoms with Gasteiger partial charge >= 0.3 is 0 Å². The van der Waals surface area contributed by atoms with Gasteiger partial charge in [-0.25, -0.2) is 0 Å². The van der Waals surface area contributed by atoms with Gasteiger partial charge in [-0.15, -0.1) is 0 Å². The summed E-state index contributed by atoms with van der Waals surface area (Å²) in [5.74, 6) is 1.34. The van der Waals surface area contributed by atoms with Crippen LogP contribution in [0.3, 0.4) is 0 Å². The van der Waals surface area contributed by atoms with E-state index in [0.29, 0.717) is 17.8 Å². The number of hydrogen-bond donors (Lipinski definition) is 1. The van der Waals surface area contributed by atoms with E-state index in [0.717, 1.165) is 25.8 Å². The maximum atomic E-state index is 6.39. The van der Waals surface area contributed by atoms with E-state index in [4.69, 9.17) is 10.3 Å². The number of nitrogens with two attached hydrogens (primary N) is 1. The molecule has 0 aromatic carbocycles. The molecule has 2 rings (SSSR count). The highest BCUT2D eigenvalue weighted by atomic mass is 16.5. The Morgan fingerprint density at radius 1 is 1.62 bits per heavy atom. The summed E-state index contributed by atoms with van der Waals surface area (Å²) < 4.78 is 5.14. The minimum absolute atomic E-state index is 0.414. The number of likely N-dealkylation sites (tertiary alicyclic amines) is 1. The second kappa shape index (κ2) is 4.14. The summed E-state index contributed by atoms with van der Waals surface area (Å²) in [7, 11) is 2.12. The third kappa shape index (κ3) is 1.97. The lowest BCUT2D eigenvalue weighted by atomic mass is 9.84. The van der Waals surface area contributed by atoms with Crippen LogP contribution >= 0.6 is 0 Å². The van der Waals surface area contributed by atoms with Gasteiger partial charge in [0.2, 0.25) is 5.89 Å². The van der Waals surface area contributed by atoms with Gasteiger partial charge < -0.3 is 15.2 Å². The predicted molar refractivity (Wildman–Crippen MR) is 60.9 cm³/mol. The lowest BCUT2D eigenvalue weighted by Gasteiger charge is -2.40. The topological polar surface area (TPSA) is 68.2 Å². The molecule has 1 fully saturated rings. The van der Waals surface area contributed by atoms with Crippen molar-refractivity contribution in [3.8, 4) is 0 Å². The molecule has 2 N–H and O–H groups in total. The molecule has 0 spiro atoms. The van der Waals surface area contributed by atoms with Crippen molar-refractivity contribution in [2.75, 3.05) is 13.6 Å². The van der Waals surface area contributed by atoms with Gasteiger partial charge in [0.25, 0.3) is 0 Å². The first kappa shape index (κ1) is 11.5. The van der Waals surface area contributed by atoms with E-state index in [1.165, 1.54) is 0 Å². The van der Waals surface area contributed by atoms with Crippen LogP contribution in [0.4, 0.5) is 0 Å². The van der Waals surface area contributed by atoms with Crippen LogP contribution in [0.2, 0.25) is 0 Å². The molecule has 0 bridgehead atoms. The smallest absolute Gasteiger partial charge is 0.226 e. The Labute approximate surface area is 96.0 Å². The monoisotopic (exact) mass is 224 g/mol. The summed E-state index contributed by atoms with van der Waals surface area (Å²) in [6.45, 7) is 5.16. The Morgan fingerprint density at radius 3 is 2.94 bits per heavy atom. The first-order valence-corrected chi connectivity index (χ1v) is 5.87. The molecule has 1 aliphatic rings. The van der Waals surface area contributed by atoms with E-state index in [9.17, 15) is 0 Å². The molecule has 1 aromatic rings. The molecule has 2 heterocycles. The van der Waals surface area contributed by atoms with Crippen molar-refractivity contribution in [2.45, 2.75) is 44.7 Å². The molecule has 0 saturated carbocycles. The zero-order valence-electron chi connectivity index (χ0n) is 10.2. The van der Waals surface area contributed by atoms with Crippen LogP contribution in [0.1, 0.15) is 38.4 Å². The third-order valence-electron chi connectivity index (χ3n) is 3.54. The standard InChI is InChI=1S/C11H20N4O/c1-4-9-13-10(14-16-9)11(12)5-6-15(3)8(2)7-11/h8H,4-7,12H2,1-3H3. The fraction of sp³-hybridized carbons (Fsp3) is 0.818. The number of rotatable bonds is 2. The molecule has 0 radical (unpaired) electrons. The van der Waals surface area contributed by atoms with Gasteiger partial charge in [-0.1, -0.05) is 12.1 Å². The van der Waals surface area contributed by atoms with Gasteiger partial charge in [0, 0.05) is 19.0 Å². The average molecular weight is 224 g/mol. The molecule has 0 amide bonds. The Balaban J connectivity index is 2.18. The Kier molecular flexibility index (Phi) is 2.99. The number of piperidine rings is 1. The molecule has 1 saturated heterocycles. The largest absolute Gasteiger partial charge is 0.339 e. The summed E-state index contributed by atoms with van der Waals surface area (Å²) in [5.41, 5.74) is 5.98. The van der Waals surface area contributed by atoms with Crippen molar-refractivity contribution >= 4 is 0 Å². The van der Waals surface area contributed by atoms with Gasteiger partial charge in [0.1, 0.15) is 0 Å². The first-order valence-electron chi connectivity index (χ1n) is 5.87. The quantitative estimate of drug-likeness (QED) is 0.808. The molecule has 1 aliphatic heterocycles. The van der Waals surface area contributed by atoms with Crippen LogP contribution < -0.4 is 5.73 Å². The highest BCUT2D eigenvalue weighted by molar-refractivity contribution is 5.07. The van der Waals surface area contributed by atoms with Crippen LogP contribution in [-0.2, 0) is 12.0 Å². The zero-order valence-corrected chi connectivity index (χ0v) is 10.2. The molecule has 2 atom stereocenters. The maximum Gasteiger partial charge on any atom is 0.226 e. The molecule has 5 nitrogen and oxygen atoms in total. The van der Waals surface area contributed by atoms with Gasteiger partial charge in [-0.2, -0.15) is 4.98 Å². The van der Waals surface area contributed by atoms with Crippen LogP contribution in [0.15, 0.2) is 4.52 Å². The highest BCUT2D eigenvalue weighted by Crippen LogP contribution is 2.31. The van der Waals surface area contributed by atoms with Crippen LogP contribution in [-0.4, -0.2) is 34.7 Å². The van der Waals surface area contributed by atoms with Gasteiger partial charge in [0.15, 0.2) is 5.82 Å². The van der Waals surface area contributed by atoms with Crippen LogP contribution in [0.5, 0.6) is 0 Å². The van der Waals surface area contributed by atoms with Crippen molar-refractivity contribution in [3.05, 3.63) is 11.7 Å². The van der Waals surface area contributed by atoms with E-state index in [2.05, 4.69) is 29.0 Å². The maximum absolute atomic E-state index is 6.39. The molecule has 16 heavy (non-hydrogen) atoms. The molecule has 5 heteroatoms. The summed E-state index contributed by atoms with van der Waals surface area (Å²) in [4.78, 5) is 6.67. The van der Waals surface area contributed by atoms with Gasteiger partial charge in [-0.3, -0.25) is 0 Å². The second-order valence-electron chi connectivity index (χ2n) is 4.81. The normalized spacial score (nSPS) is 31.9. The molecule has 0 aliphatic carbocycles. The average Bonchev–Trinajstić information content (AvgIpc) is 2.73. The number of aryl methyl sites for hydroxylation is 1. The predicted octanol–water partition coefficient (Wildman–Crippen LogP) is 0.900. The summed E-state index contributed by atoms with van der Waals surface area (Å²) in [6.07, 6.45) is 2.53. The number of hydrogen-bond acceptors (Lipinski definition) is 5. The Hall–Kier alpha value is -0.940. The second-order valence-corrected chi connectivity index (χ2v) is 4.81. The highest BCUT2D eigenvalue weighted by Gasteiger charge is 2.38. The van der Waals surface area contributed by atoms with Crippen molar-refractivity contribution in [1.82, 2.24) is 15.0 Å². The lowest BCUT2D eigenvalue weighted by molar-refractivity contribution is 0.125. The molecular weight excluding hydrogens is 204 g/mol. The minimum atomic E-state index is -0.414. The summed E-state index contributed by atoms with van der Waals surface area (Å²) >= 11 is 0. The molecule has 90 valence electrons. The fourth-order valence-corrected chi connectivity index (χ4v) is 2.19. The van der Waals surface area contributed by atoms with Gasteiger partial charge in [0.05, 0.1) is 5.54 Å². The van der Waals surface area contributed by atoms with Gasteiger partial charge in [-0.05, 0) is 26.8 Å². The molecular formula is C11H20N4O. The van der Waals surface area contributed by atoms with Crippen LogP contribution in [0, 0.1) is 0 Å². The SMILES string of the molecule is CCc1nc(C2(N)CCN(C)C(C)C2)no1. The number of aromatic nitrogens is 2. The van der Waals surface area contributed by atoms with Crippen molar-refractivity contribution in [2.24, 2.45) is 5.73 Å². The lowest BCUT2D eigenvalue weighted by Crippen LogP contribution is -2.51. The fourth-order valence-electron chi connectivity index (χ4n) is 2.19. The Morgan fingerprint density at radius 2 is 2.38 bits per heavy atom. The minimum Gasteiger partial charge on any atom is -0.339 e. The Bertz CT molecular complexity index is 365. The van der Waals surface area contributed by atoms with Crippen LogP contribution in [0.25, 0.3) is 0 Å². The van der Waals surface area contributed by atoms with Crippen molar-refractivity contribution in [1.29, 1.82) is 0 Å². The first-order chi connectivity index (χ1) is 7.55. The zero-order chi connectivity index (χ0) is 11.8.